The molecule has 0 radical (unpaired) electrons. The number of likely N-dealkylation sites (N-methyl/N-ethyl adjacent to an activating group) is 4. The van der Waals surface area contributed by atoms with E-state index < -0.39 is 108 Å². The molecule has 0 unspecified atom stereocenters. The number of methoxy groups -OCH3 is 2. The van der Waals surface area contributed by atoms with Crippen LogP contribution in [0.1, 0.15) is 67.0 Å². The van der Waals surface area contributed by atoms with Gasteiger partial charge in [-0.25, -0.2) is 9.59 Å². The number of carbonyl (C=O) groups excluding carboxylic acids is 9. The maximum absolute atomic E-state index is 15.0. The summed E-state index contributed by atoms with van der Waals surface area (Å²) < 4.78 is 29.1. The standard InChI is InChI=1S/C69H82N6O15/c1-69(2)45-89-63(80)24-15-16-33-72(4)66(83)54(37-47-20-13-10-14-21-47)70-61(78)43-73(5)65(82)51(36-46-18-11-9-12-19-46)41-57(77)55(38-48-25-29-52(76)30-26-48)74(6)62(79)44-88-53-23-17-22-50(40-53)58(31-27-49-28-32-59(86-7)60(39-49)87-8)90-68(85)56-42-71(3)34-35-75(56)67(84)64(69)81/h9-15,17-26,28-30,32,39-40,51,54-56,58,76H,16,27,31,33-38,41-45H2,1-8H3,(H,70,78)/t51-,54+,55-,56-,58+/m0/s1. The smallest absolute Gasteiger partial charge is 0.330 e. The third kappa shape index (κ3) is 19.1. The van der Waals surface area contributed by atoms with Crippen LogP contribution in [0, 0.1) is 11.3 Å². The van der Waals surface area contributed by atoms with Gasteiger partial charge in [-0.05, 0) is 117 Å². The van der Waals surface area contributed by atoms with Crippen LogP contribution in [0.15, 0.2) is 140 Å². The lowest BCUT2D eigenvalue weighted by molar-refractivity contribution is -0.166. The molecule has 7 rings (SSSR count). The van der Waals surface area contributed by atoms with Gasteiger partial charge in [0, 0.05) is 72.2 Å². The summed E-state index contributed by atoms with van der Waals surface area (Å²) in [5, 5.41) is 13.0. The number of esters is 2. The molecule has 1 fully saturated rings. The number of cyclic esters (lactones) is 2. The number of nitrogens with zero attached hydrogens (tertiary/aromatic N) is 5. The predicted octanol–water partition coefficient (Wildman–Crippen LogP) is 5.78. The SMILES string of the molecule is COc1ccc(CC[C@H]2OC(=O)[C@@H]3CN(C)CCN3C(=O)C(=O)C(C)(C)COC(=O)C=CCCN(C)C(=O)[C@@H](Cc3ccccc3)NC(=O)CN(C)C(=O)[C@@H](Cc3ccccc3)CC(=O)[C@H](Cc3ccc(O)cc3)N(C)C(=O)COc3cccc2c3)cc1OC. The van der Waals surface area contributed by atoms with Crippen molar-refractivity contribution >= 4 is 53.0 Å². The van der Waals surface area contributed by atoms with Crippen molar-refractivity contribution < 1.29 is 71.9 Å². The van der Waals surface area contributed by atoms with Crippen LogP contribution < -0.4 is 19.5 Å². The molecule has 5 aromatic rings. The van der Waals surface area contributed by atoms with E-state index in [1.807, 2.05) is 65.6 Å². The van der Waals surface area contributed by atoms with Crippen molar-refractivity contribution in [3.8, 4) is 23.0 Å². The van der Waals surface area contributed by atoms with Crippen LogP contribution in [0.25, 0.3) is 0 Å². The summed E-state index contributed by atoms with van der Waals surface area (Å²) in [7, 11) is 9.28. The quantitative estimate of drug-likeness (QED) is 0.118. The lowest BCUT2D eigenvalue weighted by Gasteiger charge is -2.39. The second-order valence-corrected chi connectivity index (χ2v) is 23.5. The van der Waals surface area contributed by atoms with Gasteiger partial charge in [-0.1, -0.05) is 97.1 Å². The van der Waals surface area contributed by atoms with Crippen molar-refractivity contribution in [3.05, 3.63) is 167 Å². The van der Waals surface area contributed by atoms with E-state index in [9.17, 15) is 48.3 Å². The van der Waals surface area contributed by atoms with E-state index in [4.69, 9.17) is 23.7 Å². The number of nitrogens with one attached hydrogen (secondary N) is 1. The number of amides is 5. The largest absolute Gasteiger partial charge is 0.508 e. The molecule has 2 N–H and O–H groups in total. The molecule has 0 spiro atoms. The van der Waals surface area contributed by atoms with Crippen molar-refractivity contribution in [2.45, 2.75) is 83.0 Å². The van der Waals surface area contributed by atoms with Gasteiger partial charge in [-0.15, -0.1) is 0 Å². The summed E-state index contributed by atoms with van der Waals surface area (Å²) in [5.41, 5.74) is 1.85. The number of ether oxygens (including phenoxy) is 5. The van der Waals surface area contributed by atoms with Gasteiger partial charge >= 0.3 is 11.9 Å². The van der Waals surface area contributed by atoms with Gasteiger partial charge in [0.05, 0.1) is 32.2 Å². The number of rotatable bonds is 11. The van der Waals surface area contributed by atoms with Crippen LogP contribution in [-0.4, -0.2) is 189 Å². The average molecular weight is 1240 g/mol. The Morgan fingerprint density at radius 1 is 0.667 bits per heavy atom. The number of Topliss-reactive ketones (excluding diaryl/α,β-unsaturated/α-hetero) is 2. The van der Waals surface area contributed by atoms with Crippen LogP contribution >= 0.6 is 0 Å². The fourth-order valence-electron chi connectivity index (χ4n) is 10.8. The number of hydrogen-bond acceptors (Lipinski definition) is 16. The number of phenols is 1. The summed E-state index contributed by atoms with van der Waals surface area (Å²) >= 11 is 0. The first-order valence-electron chi connectivity index (χ1n) is 30.0. The third-order valence-electron chi connectivity index (χ3n) is 16.1. The number of fused-ring (bicyclic) bond motifs is 3. The van der Waals surface area contributed by atoms with Gasteiger partial charge < -0.3 is 58.6 Å². The normalized spacial score (nSPS) is 21.3. The van der Waals surface area contributed by atoms with Crippen molar-refractivity contribution in [2.24, 2.45) is 11.3 Å². The van der Waals surface area contributed by atoms with Gasteiger partial charge in [-0.3, -0.25) is 33.6 Å². The summed E-state index contributed by atoms with van der Waals surface area (Å²) in [4.78, 5) is 136. The van der Waals surface area contributed by atoms with E-state index >= 15 is 0 Å². The Kier molecular flexibility index (Phi) is 24.4. The molecule has 1 saturated heterocycles. The molecule has 2 aliphatic heterocycles. The minimum absolute atomic E-state index is 0.00298. The highest BCUT2D eigenvalue weighted by molar-refractivity contribution is 6.38. The highest BCUT2D eigenvalue weighted by Crippen LogP contribution is 2.33. The zero-order chi connectivity index (χ0) is 65.1. The van der Waals surface area contributed by atoms with Crippen LogP contribution in [0.4, 0.5) is 0 Å². The second kappa shape index (κ2) is 32.2. The van der Waals surface area contributed by atoms with Gasteiger partial charge in [0.15, 0.2) is 23.9 Å². The zero-order valence-corrected chi connectivity index (χ0v) is 52.5. The lowest BCUT2D eigenvalue weighted by Crippen LogP contribution is -2.60. The monoisotopic (exact) mass is 1230 g/mol. The molecule has 2 bridgehead atoms. The molecule has 90 heavy (non-hydrogen) atoms. The number of benzene rings is 5. The third-order valence-corrected chi connectivity index (χ3v) is 16.1. The molecule has 0 saturated carbocycles. The highest BCUT2D eigenvalue weighted by Gasteiger charge is 2.44. The van der Waals surface area contributed by atoms with Crippen LogP contribution in [-0.2, 0) is 78.3 Å². The molecule has 2 heterocycles. The minimum atomic E-state index is -1.53. The van der Waals surface area contributed by atoms with Crippen LogP contribution in [0.5, 0.6) is 23.0 Å². The summed E-state index contributed by atoms with van der Waals surface area (Å²) in [5.74, 6) is -5.97. The summed E-state index contributed by atoms with van der Waals surface area (Å²) in [6.07, 6.45) is 2.26. The van der Waals surface area contributed by atoms with Gasteiger partial charge in [0.25, 0.3) is 11.8 Å². The van der Waals surface area contributed by atoms with Gasteiger partial charge in [0.1, 0.15) is 36.3 Å². The van der Waals surface area contributed by atoms with Gasteiger partial charge in [0.2, 0.25) is 23.5 Å². The number of aromatic hydroxyl groups is 1. The first kappa shape index (κ1) is 68.1. The number of piperazine rings is 1. The average Bonchev–Trinajstić information content (AvgIpc) is 1.38. The Labute approximate surface area is 525 Å². The molecule has 21 heteroatoms. The number of phenolic OH excluding ortho intramolecular Hbond substituents is 1. The molecule has 0 aliphatic carbocycles. The van der Waals surface area contributed by atoms with Crippen LogP contribution in [0.2, 0.25) is 0 Å². The molecular weight excluding hydrogens is 1150 g/mol. The Morgan fingerprint density at radius 3 is 2.00 bits per heavy atom. The fourth-order valence-corrected chi connectivity index (χ4v) is 10.8. The van der Waals surface area contributed by atoms with E-state index in [1.54, 1.807) is 68.7 Å². The maximum atomic E-state index is 15.0. The first-order chi connectivity index (χ1) is 43.0. The first-order valence-corrected chi connectivity index (χ1v) is 30.0. The van der Waals surface area contributed by atoms with E-state index in [1.165, 1.54) is 80.0 Å². The molecule has 0 aromatic heterocycles. The molecule has 5 atom stereocenters. The molecule has 5 amide bonds. The maximum Gasteiger partial charge on any atom is 0.330 e. The van der Waals surface area contributed by atoms with Crippen molar-refractivity contribution in [3.63, 3.8) is 0 Å². The van der Waals surface area contributed by atoms with Crippen molar-refractivity contribution in [1.29, 1.82) is 0 Å². The Morgan fingerprint density at radius 2 is 1.32 bits per heavy atom. The minimum Gasteiger partial charge on any atom is -0.508 e. The number of hydrogen-bond donors (Lipinski definition) is 2. The number of aryl methyl sites for hydroxylation is 1. The summed E-state index contributed by atoms with van der Waals surface area (Å²) in [6, 6.07) is 32.9. The second-order valence-electron chi connectivity index (χ2n) is 23.5. The molecule has 5 aromatic carbocycles. The predicted molar refractivity (Wildman–Crippen MR) is 334 cm³/mol. The van der Waals surface area contributed by atoms with Crippen molar-refractivity contribution in [2.75, 3.05) is 88.3 Å². The Bertz CT molecular complexity index is 3360. The van der Waals surface area contributed by atoms with Gasteiger partial charge in [-0.2, -0.15) is 0 Å². The Balaban J connectivity index is 1.22. The number of carbonyl (C=O) groups is 9. The van der Waals surface area contributed by atoms with Crippen LogP contribution in [0.3, 0.4) is 0 Å². The molecule has 478 valence electrons. The molecular formula is C69H82N6O15. The zero-order valence-electron chi connectivity index (χ0n) is 52.5. The van der Waals surface area contributed by atoms with E-state index in [2.05, 4.69) is 5.32 Å². The Hall–Kier alpha value is -9.37. The van der Waals surface area contributed by atoms with E-state index in [-0.39, 0.29) is 69.7 Å². The fraction of sp³-hybridized carbons (Fsp3) is 0.406. The van der Waals surface area contributed by atoms with Crippen molar-refractivity contribution in [1.82, 2.24) is 29.8 Å². The molecule has 21 nitrogen and oxygen atoms in total. The van der Waals surface area contributed by atoms with E-state index in [0.29, 0.717) is 35.6 Å². The number of ketones is 2. The highest BCUT2D eigenvalue weighted by atomic mass is 16.5. The lowest BCUT2D eigenvalue weighted by atomic mass is 9.87. The van der Waals surface area contributed by atoms with E-state index in [0.717, 1.165) is 22.8 Å². The topological polar surface area (TPSA) is 248 Å². The summed E-state index contributed by atoms with van der Waals surface area (Å²) in [6.45, 7) is 1.89. The molecule has 2 aliphatic rings.